The van der Waals surface area contributed by atoms with E-state index in [0.717, 1.165) is 49.4 Å². The van der Waals surface area contributed by atoms with Crippen LogP contribution in [-0.4, -0.2) is 79.4 Å². The Morgan fingerprint density at radius 3 is 1.68 bits per heavy atom. The zero-order valence-electron chi connectivity index (χ0n) is 27.3. The quantitative estimate of drug-likeness (QED) is 0.104. The van der Waals surface area contributed by atoms with Crippen molar-refractivity contribution in [2.24, 2.45) is 5.73 Å². The third-order valence-corrected chi connectivity index (χ3v) is 9.72. The number of amides is 3. The molecule has 4 atom stereocenters. The third kappa shape index (κ3) is 6.57. The van der Waals surface area contributed by atoms with Crippen molar-refractivity contribution in [3.05, 3.63) is 108 Å². The predicted molar refractivity (Wildman–Crippen MR) is 190 cm³/mol. The van der Waals surface area contributed by atoms with E-state index in [0.29, 0.717) is 12.8 Å². The lowest BCUT2D eigenvalue weighted by Gasteiger charge is -2.29. The number of aromatic nitrogens is 3. The summed E-state index contributed by atoms with van der Waals surface area (Å²) < 4.78 is 0. The van der Waals surface area contributed by atoms with Gasteiger partial charge in [-0.15, -0.1) is 0 Å². The van der Waals surface area contributed by atoms with Crippen molar-refractivity contribution < 1.29 is 24.3 Å². The molecule has 3 aromatic carbocycles. The Morgan fingerprint density at radius 2 is 1.16 bits per heavy atom. The van der Waals surface area contributed by atoms with E-state index >= 15 is 0 Å². The molecule has 8 N–H and O–H groups in total. The summed E-state index contributed by atoms with van der Waals surface area (Å²) >= 11 is 0. The lowest BCUT2D eigenvalue weighted by Crippen LogP contribution is -2.58. The molecular formula is C38H39N7O5. The van der Waals surface area contributed by atoms with Crippen molar-refractivity contribution in [1.82, 2.24) is 30.5 Å². The van der Waals surface area contributed by atoms with Gasteiger partial charge < -0.3 is 41.3 Å². The molecule has 3 amide bonds. The van der Waals surface area contributed by atoms with Crippen LogP contribution in [0.4, 0.5) is 0 Å². The SMILES string of the molecule is NC(Cc1c[nH]c2ccccc12)C(=O)NC(Cc1c[nH]c2ccccc12)C(=O)NC(Cc1c[nH]c2ccccc12)C(=O)N1CCCC1C(=O)O. The minimum Gasteiger partial charge on any atom is -0.480 e. The first-order valence-electron chi connectivity index (χ1n) is 16.8. The molecule has 1 aliphatic heterocycles. The van der Waals surface area contributed by atoms with Gasteiger partial charge in [0, 0.05) is 70.7 Å². The topological polar surface area (TPSA) is 189 Å². The van der Waals surface area contributed by atoms with Crippen molar-refractivity contribution in [3.8, 4) is 0 Å². The fourth-order valence-electron chi connectivity index (χ4n) is 7.12. The van der Waals surface area contributed by atoms with Crippen LogP contribution in [0.15, 0.2) is 91.4 Å². The summed E-state index contributed by atoms with van der Waals surface area (Å²) in [5.74, 6) is -2.66. The summed E-state index contributed by atoms with van der Waals surface area (Å²) in [6.07, 6.45) is 6.79. The van der Waals surface area contributed by atoms with E-state index in [4.69, 9.17) is 5.73 Å². The number of likely N-dealkylation sites (tertiary alicyclic amines) is 1. The molecule has 4 heterocycles. The Hall–Kier alpha value is -5.88. The Kier molecular flexibility index (Phi) is 9.09. The highest BCUT2D eigenvalue weighted by Crippen LogP contribution is 2.24. The number of hydrogen-bond donors (Lipinski definition) is 7. The number of para-hydroxylation sites is 3. The standard InChI is InChI=1S/C38H39N7O5/c39-28(16-22-19-40-29-11-4-1-8-25(22)29)35(46)43-32(17-23-20-41-30-12-5-2-9-26(23)30)36(47)44-33(37(48)45-15-7-14-34(45)38(49)50)18-24-21-42-31-13-6-3-10-27(24)31/h1-6,8-13,19-21,28,32-34,40-42H,7,14-18,39H2,(H,43,46)(H,44,47)(H,49,50). The molecule has 0 bridgehead atoms. The number of carbonyl (C=O) groups is 4. The highest BCUT2D eigenvalue weighted by atomic mass is 16.4. The first kappa shape index (κ1) is 32.7. The van der Waals surface area contributed by atoms with Crippen molar-refractivity contribution >= 4 is 56.4 Å². The number of aliphatic carboxylic acids is 1. The van der Waals surface area contributed by atoms with E-state index in [1.54, 1.807) is 12.4 Å². The van der Waals surface area contributed by atoms with Crippen LogP contribution in [0.5, 0.6) is 0 Å². The zero-order chi connectivity index (χ0) is 34.8. The smallest absolute Gasteiger partial charge is 0.326 e. The fourth-order valence-corrected chi connectivity index (χ4v) is 7.12. The van der Waals surface area contributed by atoms with Crippen LogP contribution >= 0.6 is 0 Å². The van der Waals surface area contributed by atoms with Gasteiger partial charge in [0.2, 0.25) is 17.7 Å². The molecule has 3 aromatic heterocycles. The number of H-pyrrole nitrogens is 3. The van der Waals surface area contributed by atoms with Gasteiger partial charge in [0.15, 0.2) is 0 Å². The first-order chi connectivity index (χ1) is 24.3. The maximum atomic E-state index is 14.3. The van der Waals surface area contributed by atoms with E-state index in [1.165, 1.54) is 4.90 Å². The summed E-state index contributed by atoms with van der Waals surface area (Å²) in [5.41, 5.74) is 11.6. The van der Waals surface area contributed by atoms with Crippen LogP contribution in [0.2, 0.25) is 0 Å². The highest BCUT2D eigenvalue weighted by Gasteiger charge is 2.39. The number of nitrogens with two attached hydrogens (primary N) is 1. The molecule has 12 heteroatoms. The fraction of sp³-hybridized carbons (Fsp3) is 0.263. The number of nitrogens with one attached hydrogen (secondary N) is 5. The van der Waals surface area contributed by atoms with E-state index in [9.17, 15) is 24.3 Å². The molecule has 0 radical (unpaired) electrons. The highest BCUT2D eigenvalue weighted by molar-refractivity contribution is 5.96. The van der Waals surface area contributed by atoms with E-state index in [2.05, 4.69) is 25.6 Å². The van der Waals surface area contributed by atoms with Crippen LogP contribution in [0.1, 0.15) is 29.5 Å². The second kappa shape index (κ2) is 13.9. The number of carboxylic acids is 1. The van der Waals surface area contributed by atoms with Crippen molar-refractivity contribution in [2.45, 2.75) is 56.3 Å². The lowest BCUT2D eigenvalue weighted by molar-refractivity contribution is -0.149. The van der Waals surface area contributed by atoms with E-state index < -0.39 is 47.9 Å². The summed E-state index contributed by atoms with van der Waals surface area (Å²) in [4.78, 5) is 65.2. The maximum absolute atomic E-state index is 14.3. The molecule has 50 heavy (non-hydrogen) atoms. The molecule has 1 saturated heterocycles. The Balaban J connectivity index is 1.17. The van der Waals surface area contributed by atoms with Crippen molar-refractivity contribution in [2.75, 3.05) is 6.54 Å². The van der Waals surface area contributed by atoms with Crippen LogP contribution in [0.25, 0.3) is 32.7 Å². The number of aromatic amines is 3. The molecule has 1 fully saturated rings. The second-order valence-electron chi connectivity index (χ2n) is 12.9. The van der Waals surface area contributed by atoms with Gasteiger partial charge in [-0.05, 0) is 54.2 Å². The number of carbonyl (C=O) groups excluding carboxylic acids is 3. The molecule has 0 saturated carbocycles. The molecular weight excluding hydrogens is 634 g/mol. The van der Waals surface area contributed by atoms with Crippen LogP contribution in [0, 0.1) is 0 Å². The molecule has 1 aliphatic rings. The van der Waals surface area contributed by atoms with Gasteiger partial charge in [-0.3, -0.25) is 14.4 Å². The number of carboxylic acid groups (broad SMARTS) is 1. The molecule has 7 rings (SSSR count). The Bertz CT molecular complexity index is 2200. The number of fused-ring (bicyclic) bond motifs is 3. The number of benzene rings is 3. The van der Waals surface area contributed by atoms with Gasteiger partial charge in [-0.1, -0.05) is 54.6 Å². The van der Waals surface area contributed by atoms with Crippen LogP contribution < -0.4 is 16.4 Å². The summed E-state index contributed by atoms with van der Waals surface area (Å²) in [7, 11) is 0. The minimum absolute atomic E-state index is 0.116. The van der Waals surface area contributed by atoms with E-state index in [1.807, 2.05) is 79.0 Å². The molecule has 6 aromatic rings. The van der Waals surface area contributed by atoms with Gasteiger partial charge in [0.1, 0.15) is 18.1 Å². The van der Waals surface area contributed by atoms with Gasteiger partial charge in [-0.2, -0.15) is 0 Å². The average molecular weight is 674 g/mol. The molecule has 12 nitrogen and oxygen atoms in total. The summed E-state index contributed by atoms with van der Waals surface area (Å²) in [5, 5.41) is 18.4. The number of rotatable bonds is 12. The Labute approximate surface area is 287 Å². The van der Waals surface area contributed by atoms with Gasteiger partial charge in [-0.25, -0.2) is 4.79 Å². The minimum atomic E-state index is -1.09. The van der Waals surface area contributed by atoms with Gasteiger partial charge >= 0.3 is 5.97 Å². The normalized spacial score (nSPS) is 16.4. The average Bonchev–Trinajstić information content (AvgIpc) is 3.94. The number of hydrogen-bond acceptors (Lipinski definition) is 5. The molecule has 4 unspecified atom stereocenters. The third-order valence-electron chi connectivity index (χ3n) is 9.72. The molecule has 0 spiro atoms. The molecule has 0 aliphatic carbocycles. The Morgan fingerprint density at radius 1 is 0.700 bits per heavy atom. The summed E-state index contributed by atoms with van der Waals surface area (Å²) in [6, 6.07) is 18.9. The monoisotopic (exact) mass is 673 g/mol. The largest absolute Gasteiger partial charge is 0.480 e. The molecule has 256 valence electrons. The zero-order valence-corrected chi connectivity index (χ0v) is 27.3. The second-order valence-corrected chi connectivity index (χ2v) is 12.9. The number of nitrogens with zero attached hydrogens (tertiary/aromatic N) is 1. The predicted octanol–water partition coefficient (Wildman–Crippen LogP) is 3.53. The summed E-state index contributed by atoms with van der Waals surface area (Å²) in [6.45, 7) is 0.272. The van der Waals surface area contributed by atoms with E-state index in [-0.39, 0.29) is 25.8 Å². The van der Waals surface area contributed by atoms with Crippen LogP contribution in [0.3, 0.4) is 0 Å². The van der Waals surface area contributed by atoms with Crippen LogP contribution in [-0.2, 0) is 38.4 Å². The lowest BCUT2D eigenvalue weighted by atomic mass is 10.00. The van der Waals surface area contributed by atoms with Gasteiger partial charge in [0.25, 0.3) is 0 Å². The van der Waals surface area contributed by atoms with Crippen molar-refractivity contribution in [3.63, 3.8) is 0 Å². The maximum Gasteiger partial charge on any atom is 0.326 e. The van der Waals surface area contributed by atoms with Crippen molar-refractivity contribution in [1.29, 1.82) is 0 Å². The first-order valence-corrected chi connectivity index (χ1v) is 16.8. The van der Waals surface area contributed by atoms with Gasteiger partial charge in [0.05, 0.1) is 6.04 Å².